The fourth-order valence-electron chi connectivity index (χ4n) is 24.5. The second-order valence-corrected chi connectivity index (χ2v) is 40.9. The Bertz CT molecular complexity index is 9750. The molecule has 682 valence electrons. The topological polar surface area (TPSA) is 156 Å². The van der Waals surface area contributed by atoms with Crippen molar-refractivity contribution in [2.24, 2.45) is 23.2 Å². The van der Waals surface area contributed by atoms with Crippen LogP contribution in [-0.2, 0) is 16.2 Å². The molecule has 9 aromatic heterocycles. The molecule has 0 radical (unpaired) electrons. The van der Waals surface area contributed by atoms with Crippen molar-refractivity contribution >= 4 is 143 Å². The van der Waals surface area contributed by atoms with Crippen molar-refractivity contribution in [1.29, 1.82) is 0 Å². The first-order valence-electron chi connectivity index (χ1n) is 49.3. The van der Waals surface area contributed by atoms with Gasteiger partial charge in [-0.1, -0.05) is 343 Å². The van der Waals surface area contributed by atoms with Gasteiger partial charge in [-0.2, -0.15) is 0 Å². The van der Waals surface area contributed by atoms with Crippen molar-refractivity contribution < 1.29 is 26.5 Å². The summed E-state index contributed by atoms with van der Waals surface area (Å²) in [5.74, 6) is 3.26. The lowest BCUT2D eigenvalue weighted by atomic mass is 9.62. The second-order valence-electron chi connectivity index (χ2n) is 40.9. The van der Waals surface area contributed by atoms with Gasteiger partial charge in [0.25, 0.3) is 0 Å². The maximum Gasteiger partial charge on any atom is 0.180 e. The third kappa shape index (κ3) is 12.3. The Balaban J connectivity index is 0.000000107. The number of aromatic nitrogens is 6. The fourth-order valence-corrected chi connectivity index (χ4v) is 24.5. The number of para-hydroxylation sites is 4. The van der Waals surface area contributed by atoms with E-state index >= 15 is 0 Å². The minimum atomic E-state index is -0.242. The predicted octanol–water partition coefficient (Wildman–Crippen LogP) is 35.5. The Morgan fingerprint density at radius 2 is 0.648 bits per heavy atom. The van der Waals surface area contributed by atoms with Gasteiger partial charge < -0.3 is 26.5 Å². The Morgan fingerprint density at radius 1 is 0.232 bits per heavy atom. The average Bonchev–Trinajstić information content (AvgIpc) is 1.53. The van der Waals surface area contributed by atoms with Crippen molar-refractivity contribution in [3.05, 3.63) is 397 Å². The summed E-state index contributed by atoms with van der Waals surface area (Å²) in [6, 6.07) is 127. The Labute approximate surface area is 819 Å². The highest BCUT2D eigenvalue weighted by molar-refractivity contribution is 6.21. The Morgan fingerprint density at radius 3 is 1.26 bits per heavy atom. The molecule has 0 saturated heterocycles. The van der Waals surface area contributed by atoms with Gasteiger partial charge in [-0.25, -0.2) is 29.9 Å². The molecule has 12 heteroatoms. The standard InChI is InChI=1S/C45H34N2O2.C45H32N2O2.C40H30N2O2/c1-25(2)45(26(3)4)35-16-8-5-12-28(35)32-24-41-34(23-36(32)45)33-22-27(20-21-39(33)49-41)44-46-37-17-9-6-13-29(37)43(47-44)31-15-11-19-40-42(31)30-14-7-10-18-38(30)48-40;1-26(2)45(3)35-17-9-7-14-31(35)32-24-25-34-38-30(16-11-19-37(38)49-42(34)39(32)45)27-20-22-28(23-21-27)40-43-41(33-15-8-10-18-36(33)48-43)47-44(46-40)29-12-5-4-6-13-29;1-39(2,3)40(4)29-18-10-8-15-24(29)25-21-22-28-32-27(17-12-20-31(32)44-36(28)33(25)40)35-37-34(26-16-9-11-19-30(26)43-37)41-38(42-35)23-13-6-5-7-14-23/h5-26H,1-4H3;4-26H,1-3H3;5-22H,1-4H3. The number of fused-ring (bicyclic) bond motifs is 30. The van der Waals surface area contributed by atoms with Crippen LogP contribution >= 0.6 is 0 Å². The van der Waals surface area contributed by atoms with Crippen molar-refractivity contribution in [3.8, 4) is 112 Å². The van der Waals surface area contributed by atoms with Gasteiger partial charge in [0.1, 0.15) is 78.3 Å². The molecule has 0 N–H and O–H groups in total. The van der Waals surface area contributed by atoms with Gasteiger partial charge in [-0.05, 0) is 187 Å². The lowest BCUT2D eigenvalue weighted by molar-refractivity contribution is 0.255. The summed E-state index contributed by atoms with van der Waals surface area (Å²) in [5.41, 5.74) is 38.5. The molecule has 9 heterocycles. The molecule has 0 saturated carbocycles. The predicted molar refractivity (Wildman–Crippen MR) is 579 cm³/mol. The van der Waals surface area contributed by atoms with Crippen LogP contribution in [0.3, 0.4) is 0 Å². The van der Waals surface area contributed by atoms with Crippen LogP contribution < -0.4 is 0 Å². The normalized spacial score (nSPS) is 15.2. The van der Waals surface area contributed by atoms with Crippen molar-refractivity contribution in [3.63, 3.8) is 0 Å². The summed E-state index contributed by atoms with van der Waals surface area (Å²) in [5, 5.41) is 11.7. The van der Waals surface area contributed by atoms with Crippen molar-refractivity contribution in [1.82, 2.24) is 29.9 Å². The molecule has 0 bridgehead atoms. The van der Waals surface area contributed by atoms with Gasteiger partial charge in [0.2, 0.25) is 0 Å². The lowest BCUT2D eigenvalue weighted by Gasteiger charge is -2.40. The summed E-state index contributed by atoms with van der Waals surface area (Å²) in [7, 11) is 0. The van der Waals surface area contributed by atoms with E-state index in [0.717, 1.165) is 193 Å². The molecule has 0 fully saturated rings. The summed E-state index contributed by atoms with van der Waals surface area (Å²) >= 11 is 0. The van der Waals surface area contributed by atoms with Gasteiger partial charge >= 0.3 is 0 Å². The smallest absolute Gasteiger partial charge is 0.180 e. The SMILES string of the molecule is CC(C)(C)C1(C)c2ccccc2-c2ccc3c(oc4cccc(-c5nc(-c6ccccc6)nc6c5oc5ccccc56)c43)c21.CC(C)C1(C(C)C)c2ccccc2-c2cc3oc4ccc(-c5nc(-c6cccc7oc8ccccc8c67)c6ccccc6n5)cc4c3cc21.CC(C)C1(C)c2ccccc2-c2ccc3c(oc4cccc(-c5ccc(-c6nc(-c7ccccc7)nc7c6oc6ccccc67)cc5)c43)c21. The van der Waals surface area contributed by atoms with E-state index in [9.17, 15) is 0 Å². The molecule has 12 nitrogen and oxygen atoms in total. The van der Waals surface area contributed by atoms with E-state index in [1.165, 1.54) is 66.8 Å². The molecule has 3 aliphatic carbocycles. The minimum absolute atomic E-state index is 0.0535. The molecule has 29 rings (SSSR count). The summed E-state index contributed by atoms with van der Waals surface area (Å²) in [6.07, 6.45) is 0. The lowest BCUT2D eigenvalue weighted by Crippen LogP contribution is -2.37. The third-order valence-electron chi connectivity index (χ3n) is 31.8. The Hall–Kier alpha value is -17.0. The highest BCUT2D eigenvalue weighted by atomic mass is 16.4. The van der Waals surface area contributed by atoms with Crippen molar-refractivity contribution in [2.75, 3.05) is 0 Å². The van der Waals surface area contributed by atoms with Gasteiger partial charge in [0.15, 0.2) is 28.6 Å². The van der Waals surface area contributed by atoms with Crippen LogP contribution in [0.5, 0.6) is 0 Å². The molecule has 26 aromatic rings. The van der Waals surface area contributed by atoms with Gasteiger partial charge in [0, 0.05) is 120 Å². The highest BCUT2D eigenvalue weighted by Gasteiger charge is 2.51. The van der Waals surface area contributed by atoms with E-state index in [1.54, 1.807) is 0 Å². The number of benzene rings is 17. The second kappa shape index (κ2) is 31.5. The minimum Gasteiger partial charge on any atom is -0.456 e. The number of furan rings is 6. The summed E-state index contributed by atoms with van der Waals surface area (Å²) in [6.45, 7) is 25.8. The van der Waals surface area contributed by atoms with Crippen LogP contribution in [0.2, 0.25) is 0 Å². The molecular weight excluding hydrogens is 1740 g/mol. The monoisotopic (exact) mass is 1840 g/mol. The van der Waals surface area contributed by atoms with E-state index in [-0.39, 0.29) is 21.7 Å². The zero-order valence-corrected chi connectivity index (χ0v) is 80.5. The van der Waals surface area contributed by atoms with E-state index < -0.39 is 0 Å². The first-order valence-corrected chi connectivity index (χ1v) is 49.3. The van der Waals surface area contributed by atoms with Gasteiger partial charge in [-0.15, -0.1) is 0 Å². The van der Waals surface area contributed by atoms with Crippen LogP contribution in [0, 0.1) is 23.2 Å². The maximum atomic E-state index is 6.89. The van der Waals surface area contributed by atoms with Crippen LogP contribution in [0.1, 0.15) is 110 Å². The van der Waals surface area contributed by atoms with Crippen LogP contribution in [0.25, 0.3) is 255 Å². The fraction of sp³-hybridized carbons (Fsp3) is 0.138. The van der Waals surface area contributed by atoms with Crippen molar-refractivity contribution in [2.45, 2.75) is 92.4 Å². The molecule has 0 spiro atoms. The average molecular weight is 1840 g/mol. The largest absolute Gasteiger partial charge is 0.456 e. The van der Waals surface area contributed by atoms with Gasteiger partial charge in [0.05, 0.1) is 11.2 Å². The molecule has 3 aliphatic rings. The van der Waals surface area contributed by atoms with E-state index in [4.69, 9.17) is 56.4 Å². The zero-order chi connectivity index (χ0) is 95.7. The maximum absolute atomic E-state index is 6.89. The quantitative estimate of drug-likeness (QED) is 0.128. The van der Waals surface area contributed by atoms with E-state index in [0.29, 0.717) is 46.4 Å². The number of nitrogens with zero attached hydrogens (tertiary/aromatic N) is 6. The molecule has 17 aromatic carbocycles. The van der Waals surface area contributed by atoms with Crippen LogP contribution in [0.4, 0.5) is 0 Å². The Kier molecular flexibility index (Phi) is 18.7. The summed E-state index contributed by atoms with van der Waals surface area (Å²) in [4.78, 5) is 30.7. The third-order valence-corrected chi connectivity index (χ3v) is 31.8. The molecule has 2 atom stereocenters. The van der Waals surface area contributed by atoms with Crippen LogP contribution in [0.15, 0.2) is 390 Å². The number of rotatable bonds is 10. The molecule has 142 heavy (non-hydrogen) atoms. The molecule has 2 unspecified atom stereocenters. The van der Waals surface area contributed by atoms with Crippen LogP contribution in [-0.4, -0.2) is 29.9 Å². The highest BCUT2D eigenvalue weighted by Crippen LogP contribution is 2.63. The van der Waals surface area contributed by atoms with Gasteiger partial charge in [-0.3, -0.25) is 0 Å². The zero-order valence-electron chi connectivity index (χ0n) is 80.5. The first kappa shape index (κ1) is 84.3. The number of hydrogen-bond acceptors (Lipinski definition) is 12. The molecule has 0 amide bonds. The van der Waals surface area contributed by atoms with E-state index in [1.807, 2.05) is 115 Å². The first-order chi connectivity index (χ1) is 69.3. The van der Waals surface area contributed by atoms with E-state index in [2.05, 4.69) is 325 Å². The summed E-state index contributed by atoms with van der Waals surface area (Å²) < 4.78 is 39.5. The molecular formula is C130H96N6O6. The number of hydrogen-bond donors (Lipinski definition) is 0. The molecule has 0 aliphatic heterocycles.